The molecule has 0 saturated carbocycles. The van der Waals surface area contributed by atoms with E-state index in [1.165, 1.54) is 6.92 Å². The predicted molar refractivity (Wildman–Crippen MR) is 77.1 cm³/mol. The van der Waals surface area contributed by atoms with E-state index >= 15 is 0 Å². The molecule has 0 aromatic carbocycles. The van der Waals surface area contributed by atoms with Crippen molar-refractivity contribution in [2.24, 2.45) is 5.92 Å². The molecule has 0 rings (SSSR count). The molecule has 0 radical (unpaired) electrons. The summed E-state index contributed by atoms with van der Waals surface area (Å²) in [6.45, 7) is 3.31. The highest BCUT2D eigenvalue weighted by Gasteiger charge is 2.58. The Morgan fingerprint density at radius 1 is 1.10 bits per heavy atom. The summed E-state index contributed by atoms with van der Waals surface area (Å²) in [6, 6.07) is 0. The van der Waals surface area contributed by atoms with E-state index in [-0.39, 0.29) is 19.0 Å². The van der Waals surface area contributed by atoms with Gasteiger partial charge in [0.25, 0.3) is 10.1 Å². The van der Waals surface area contributed by atoms with Crippen molar-refractivity contribution in [2.45, 2.75) is 57.1 Å². The van der Waals surface area contributed by atoms with Crippen LogP contribution in [0.3, 0.4) is 0 Å². The van der Waals surface area contributed by atoms with Crippen molar-refractivity contribution in [1.29, 1.82) is 0 Å². The van der Waals surface area contributed by atoms with E-state index in [4.69, 9.17) is 5.11 Å². The molecule has 0 saturated heterocycles. The normalized spacial score (nSPS) is 15.6. The average Bonchev–Trinajstić information content (AvgIpc) is 2.30. The van der Waals surface area contributed by atoms with Gasteiger partial charge in [-0.3, -0.25) is 14.1 Å². The van der Waals surface area contributed by atoms with Gasteiger partial charge in [0.1, 0.15) is 0 Å². The SMILES string of the molecule is CCCCCCC(C(=O)O)(C(CC)C(=O)O)S(=O)(=O)O.N. The van der Waals surface area contributed by atoms with E-state index < -0.39 is 39.1 Å². The fourth-order valence-corrected chi connectivity index (χ4v) is 3.62. The standard InChI is InChI=1S/C12H22O7S.H3N/c1-3-5-6-7-8-12(11(15)16,20(17,18)19)9(4-2)10(13)14;/h9H,3-8H2,1-2H3,(H,13,14)(H,15,16)(H,17,18,19);1H3. The second-order valence-corrected chi connectivity index (χ2v) is 6.46. The molecule has 21 heavy (non-hydrogen) atoms. The first-order valence-electron chi connectivity index (χ1n) is 6.58. The van der Waals surface area contributed by atoms with Crippen molar-refractivity contribution in [1.82, 2.24) is 6.15 Å². The van der Waals surface area contributed by atoms with Crippen molar-refractivity contribution >= 4 is 22.1 Å². The maximum absolute atomic E-state index is 11.6. The van der Waals surface area contributed by atoms with Gasteiger partial charge in [0.2, 0.25) is 4.75 Å². The molecule has 2 unspecified atom stereocenters. The lowest BCUT2D eigenvalue weighted by Crippen LogP contribution is -2.54. The van der Waals surface area contributed by atoms with Gasteiger partial charge in [-0.05, 0) is 12.8 Å². The fourth-order valence-electron chi connectivity index (χ4n) is 2.37. The van der Waals surface area contributed by atoms with Crippen molar-refractivity contribution < 1.29 is 32.8 Å². The van der Waals surface area contributed by atoms with Crippen molar-refractivity contribution in [3.63, 3.8) is 0 Å². The van der Waals surface area contributed by atoms with Crippen LogP contribution in [0.5, 0.6) is 0 Å². The molecule has 0 fully saturated rings. The van der Waals surface area contributed by atoms with Gasteiger partial charge in [-0.2, -0.15) is 8.42 Å². The summed E-state index contributed by atoms with van der Waals surface area (Å²) in [6.07, 6.45) is 1.84. The van der Waals surface area contributed by atoms with Gasteiger partial charge in [0, 0.05) is 0 Å². The summed E-state index contributed by atoms with van der Waals surface area (Å²) in [4.78, 5) is 22.6. The Morgan fingerprint density at radius 2 is 1.62 bits per heavy atom. The number of carboxylic acids is 2. The lowest BCUT2D eigenvalue weighted by Gasteiger charge is -2.31. The van der Waals surface area contributed by atoms with Crippen LogP contribution in [-0.2, 0) is 19.7 Å². The molecule has 6 N–H and O–H groups in total. The minimum absolute atomic E-state index is 0. The fraction of sp³-hybridized carbons (Fsp3) is 0.833. The summed E-state index contributed by atoms with van der Waals surface area (Å²) in [7, 11) is -5.05. The highest BCUT2D eigenvalue weighted by Crippen LogP contribution is 2.35. The zero-order valence-corrected chi connectivity index (χ0v) is 13.2. The van der Waals surface area contributed by atoms with Crippen LogP contribution in [0.25, 0.3) is 0 Å². The number of unbranched alkanes of at least 4 members (excludes halogenated alkanes) is 3. The first kappa shape index (κ1) is 22.1. The third-order valence-electron chi connectivity index (χ3n) is 3.49. The molecule has 0 aromatic heterocycles. The van der Waals surface area contributed by atoms with Crippen LogP contribution in [-0.4, -0.2) is 39.9 Å². The van der Waals surface area contributed by atoms with Gasteiger partial charge in [-0.1, -0.05) is 39.5 Å². The second kappa shape index (κ2) is 8.96. The van der Waals surface area contributed by atoms with Gasteiger partial charge in [-0.25, -0.2) is 0 Å². The Balaban J connectivity index is 0. The van der Waals surface area contributed by atoms with Gasteiger partial charge < -0.3 is 16.4 Å². The monoisotopic (exact) mass is 327 g/mol. The van der Waals surface area contributed by atoms with Gasteiger partial charge in [0.15, 0.2) is 0 Å². The first-order valence-corrected chi connectivity index (χ1v) is 8.02. The molecule has 0 spiro atoms. The lowest BCUT2D eigenvalue weighted by molar-refractivity contribution is -0.152. The van der Waals surface area contributed by atoms with E-state index in [9.17, 15) is 27.7 Å². The third-order valence-corrected chi connectivity index (χ3v) is 5.08. The van der Waals surface area contributed by atoms with E-state index in [1.54, 1.807) is 0 Å². The van der Waals surface area contributed by atoms with Crippen LogP contribution in [0.15, 0.2) is 0 Å². The molecule has 8 nitrogen and oxygen atoms in total. The maximum Gasteiger partial charge on any atom is 0.328 e. The summed E-state index contributed by atoms with van der Waals surface area (Å²) in [5.74, 6) is -5.04. The number of carbonyl (C=O) groups is 2. The maximum atomic E-state index is 11.6. The van der Waals surface area contributed by atoms with Gasteiger partial charge in [0.05, 0.1) is 5.92 Å². The topological polar surface area (TPSA) is 164 Å². The van der Waals surface area contributed by atoms with E-state index in [2.05, 4.69) is 0 Å². The molecule has 126 valence electrons. The zero-order valence-electron chi connectivity index (χ0n) is 12.4. The van der Waals surface area contributed by atoms with Crippen molar-refractivity contribution in [2.75, 3.05) is 0 Å². The third kappa shape index (κ3) is 4.94. The summed E-state index contributed by atoms with van der Waals surface area (Å²) < 4.78 is 29.8. The quantitative estimate of drug-likeness (QED) is 0.349. The number of aliphatic carboxylic acids is 2. The highest BCUT2D eigenvalue weighted by atomic mass is 32.2. The van der Waals surface area contributed by atoms with E-state index in [0.717, 1.165) is 12.8 Å². The lowest BCUT2D eigenvalue weighted by atomic mass is 9.84. The number of hydrogen-bond donors (Lipinski definition) is 4. The van der Waals surface area contributed by atoms with Gasteiger partial charge >= 0.3 is 11.9 Å². The smallest absolute Gasteiger partial charge is 0.328 e. The number of rotatable bonds is 10. The highest BCUT2D eigenvalue weighted by molar-refractivity contribution is 7.88. The Hall–Kier alpha value is -1.19. The van der Waals surface area contributed by atoms with E-state index in [1.807, 2.05) is 6.92 Å². The number of carboxylic acid groups (broad SMARTS) is 2. The molecule has 0 amide bonds. The molecule has 0 bridgehead atoms. The Labute approximate surface area is 124 Å². The Morgan fingerprint density at radius 3 is 1.90 bits per heavy atom. The van der Waals surface area contributed by atoms with Crippen LogP contribution in [0.1, 0.15) is 52.4 Å². The predicted octanol–water partition coefficient (Wildman–Crippen LogP) is 1.94. The second-order valence-electron chi connectivity index (χ2n) is 4.78. The van der Waals surface area contributed by atoms with Crippen LogP contribution in [0.4, 0.5) is 0 Å². The average molecular weight is 327 g/mol. The molecular weight excluding hydrogens is 302 g/mol. The van der Waals surface area contributed by atoms with Crippen molar-refractivity contribution in [3.05, 3.63) is 0 Å². The molecule has 0 aliphatic heterocycles. The molecular formula is C12H25NO7S. The zero-order chi connectivity index (χ0) is 16.0. The minimum atomic E-state index is -5.05. The summed E-state index contributed by atoms with van der Waals surface area (Å²) in [5, 5.41) is 18.3. The van der Waals surface area contributed by atoms with Crippen LogP contribution >= 0.6 is 0 Å². The largest absolute Gasteiger partial charge is 0.481 e. The molecule has 9 heteroatoms. The van der Waals surface area contributed by atoms with Gasteiger partial charge in [-0.15, -0.1) is 0 Å². The number of hydrogen-bond acceptors (Lipinski definition) is 5. The minimum Gasteiger partial charge on any atom is -0.481 e. The van der Waals surface area contributed by atoms with Crippen molar-refractivity contribution in [3.8, 4) is 0 Å². The summed E-state index contributed by atoms with van der Waals surface area (Å²) in [5.41, 5.74) is 0. The Bertz CT molecular complexity index is 449. The molecule has 2 atom stereocenters. The van der Waals surface area contributed by atoms with Crippen LogP contribution < -0.4 is 6.15 Å². The van der Waals surface area contributed by atoms with Crippen LogP contribution in [0, 0.1) is 5.92 Å². The summed E-state index contributed by atoms with van der Waals surface area (Å²) >= 11 is 0. The molecule has 0 aromatic rings. The molecule has 0 heterocycles. The van der Waals surface area contributed by atoms with E-state index in [0.29, 0.717) is 6.42 Å². The molecule has 0 aliphatic carbocycles. The Kier molecular flexibility index (Phi) is 9.42. The molecule has 0 aliphatic rings. The van der Waals surface area contributed by atoms with Crippen LogP contribution in [0.2, 0.25) is 0 Å². The first-order chi connectivity index (χ1) is 9.15.